The quantitative estimate of drug-likeness (QED) is 0.0169. The zero-order valence-electron chi connectivity index (χ0n) is 62.0. The second-order valence-electron chi connectivity index (χ2n) is 25.9. The summed E-state index contributed by atoms with van der Waals surface area (Å²) in [5, 5.41) is 10.6. The van der Waals surface area contributed by atoms with Gasteiger partial charge >= 0.3 is 39.5 Å². The molecule has 17 nitrogen and oxygen atoms in total. The van der Waals surface area contributed by atoms with Crippen LogP contribution in [0.2, 0.25) is 0 Å². The minimum absolute atomic E-state index is 0.0834. The Kier molecular flexibility index (Phi) is 68.9. The van der Waals surface area contributed by atoms with Gasteiger partial charge in [0.05, 0.1) is 26.4 Å². The van der Waals surface area contributed by atoms with Crippen molar-refractivity contribution in [1.29, 1.82) is 0 Å². The number of unbranched alkanes of at least 4 members (excludes halogenated alkanes) is 33. The van der Waals surface area contributed by atoms with E-state index in [0.717, 1.165) is 186 Å². The summed E-state index contributed by atoms with van der Waals surface area (Å²) in [6.07, 6.45) is 72.8. The molecule has 98 heavy (non-hydrogen) atoms. The Bertz CT molecular complexity index is 2190. The fraction of sp³-hybridized carbons (Fsp3) is 0.772. The van der Waals surface area contributed by atoms with Gasteiger partial charge in [-0.2, -0.15) is 0 Å². The van der Waals surface area contributed by atoms with Crippen LogP contribution >= 0.6 is 15.6 Å². The molecule has 0 fully saturated rings. The largest absolute Gasteiger partial charge is 0.472 e. The van der Waals surface area contributed by atoms with Gasteiger partial charge in [-0.25, -0.2) is 9.13 Å². The zero-order valence-corrected chi connectivity index (χ0v) is 63.7. The summed E-state index contributed by atoms with van der Waals surface area (Å²) in [5.74, 6) is -2.20. The zero-order chi connectivity index (χ0) is 71.8. The van der Waals surface area contributed by atoms with Gasteiger partial charge in [-0.05, 0) is 141 Å². The first-order chi connectivity index (χ1) is 47.7. The molecule has 0 aromatic rings. The molecule has 0 bridgehead atoms. The standard InChI is InChI=1S/C79H140O17P2/c1-5-9-13-17-21-25-29-33-35-36-38-42-44-48-52-56-60-64-77(82)90-70-75(96-79(84)66-62-58-54-50-46-40-32-28-24-20-16-12-8-4)72-94-98(87,88)92-68-73(80)67-91-97(85,86)93-71-74(95-78(83)65-61-57-53-49-45-39-31-27-23-19-15-11-7-3)69-89-76(81)63-59-55-51-47-43-41-37-34-30-26-22-18-14-10-6-2/h9,13,21-22,25-28,31-35,37,73-75,80H,5-8,10-12,14-20,23-24,29-30,36,38-72H2,1-4H3,(H,85,86)(H,87,88)/b13-9-,25-21-,26-22-,31-27-,32-28-,35-33-,37-34-. The molecule has 0 rings (SSSR count). The van der Waals surface area contributed by atoms with Crippen LogP contribution in [0.5, 0.6) is 0 Å². The highest BCUT2D eigenvalue weighted by Crippen LogP contribution is 2.45. The van der Waals surface area contributed by atoms with Crippen molar-refractivity contribution in [2.75, 3.05) is 39.6 Å². The van der Waals surface area contributed by atoms with Gasteiger partial charge in [0.1, 0.15) is 19.3 Å². The second kappa shape index (κ2) is 71.6. The van der Waals surface area contributed by atoms with Crippen molar-refractivity contribution >= 4 is 39.5 Å². The van der Waals surface area contributed by atoms with Gasteiger partial charge in [0.25, 0.3) is 0 Å². The minimum Gasteiger partial charge on any atom is -0.462 e. The number of ether oxygens (including phenoxy) is 4. The van der Waals surface area contributed by atoms with Gasteiger partial charge in [-0.15, -0.1) is 0 Å². The average Bonchev–Trinajstić information content (AvgIpc) is 0.969. The van der Waals surface area contributed by atoms with Crippen LogP contribution in [0, 0.1) is 0 Å². The van der Waals surface area contributed by atoms with Crippen LogP contribution in [-0.4, -0.2) is 96.7 Å². The number of carbonyl (C=O) groups excluding carboxylic acids is 4. The normalized spacial score (nSPS) is 14.4. The summed E-state index contributed by atoms with van der Waals surface area (Å²) >= 11 is 0. The summed E-state index contributed by atoms with van der Waals surface area (Å²) < 4.78 is 68.5. The van der Waals surface area contributed by atoms with Gasteiger partial charge in [0, 0.05) is 25.7 Å². The van der Waals surface area contributed by atoms with E-state index in [-0.39, 0.29) is 25.7 Å². The third-order valence-electron chi connectivity index (χ3n) is 16.3. The Hall–Kier alpha value is -3.76. The van der Waals surface area contributed by atoms with Crippen LogP contribution in [0.4, 0.5) is 0 Å². The molecule has 0 heterocycles. The topological polar surface area (TPSA) is 237 Å². The molecule has 0 amide bonds. The SMILES string of the molecule is CC/C=C\C/C=C\C/C=C\CCCCCCCCCC(=O)OCC(COP(=O)(O)OCC(O)COP(=O)(O)OCC(COC(=O)CCCCCCC/C=C\C/C=C\CCCCC)OC(=O)CCCCCCC/C=C\CCCCCC)OC(=O)CCCCCCC/C=C\CCCCCC. The second-order valence-corrected chi connectivity index (χ2v) is 28.8. The number of esters is 4. The van der Waals surface area contributed by atoms with E-state index >= 15 is 0 Å². The predicted octanol–water partition coefficient (Wildman–Crippen LogP) is 22.2. The lowest BCUT2D eigenvalue weighted by atomic mass is 10.1. The molecule has 0 spiro atoms. The Labute approximate surface area is 595 Å². The van der Waals surface area contributed by atoms with Gasteiger partial charge in [-0.3, -0.25) is 37.3 Å². The van der Waals surface area contributed by atoms with Gasteiger partial charge in [-0.1, -0.05) is 254 Å². The van der Waals surface area contributed by atoms with Crippen molar-refractivity contribution in [3.8, 4) is 0 Å². The smallest absolute Gasteiger partial charge is 0.462 e. The summed E-state index contributed by atoms with van der Waals surface area (Å²) in [5.41, 5.74) is 0. The van der Waals surface area contributed by atoms with Crippen LogP contribution in [0.15, 0.2) is 85.1 Å². The van der Waals surface area contributed by atoms with Crippen molar-refractivity contribution in [2.45, 2.75) is 354 Å². The molecule has 5 atom stereocenters. The fourth-order valence-corrected chi connectivity index (χ4v) is 12.0. The summed E-state index contributed by atoms with van der Waals surface area (Å²) in [6.45, 7) is 4.70. The Morgan fingerprint density at radius 2 is 0.531 bits per heavy atom. The highest BCUT2D eigenvalue weighted by molar-refractivity contribution is 7.47. The molecular weight excluding hydrogens is 1280 g/mol. The van der Waals surface area contributed by atoms with E-state index in [4.69, 9.17) is 37.0 Å². The first kappa shape index (κ1) is 94.2. The number of phosphoric acid groups is 2. The minimum atomic E-state index is -4.98. The Morgan fingerprint density at radius 3 is 0.847 bits per heavy atom. The van der Waals surface area contributed by atoms with E-state index in [1.54, 1.807) is 0 Å². The molecular formula is C79H140O17P2. The van der Waals surface area contributed by atoms with E-state index in [2.05, 4.69) is 113 Å². The lowest BCUT2D eigenvalue weighted by Gasteiger charge is -2.21. The number of hydrogen-bond donors (Lipinski definition) is 3. The predicted molar refractivity (Wildman–Crippen MR) is 399 cm³/mol. The number of allylic oxidation sites excluding steroid dienone is 14. The van der Waals surface area contributed by atoms with Crippen LogP contribution in [-0.2, 0) is 65.4 Å². The summed E-state index contributed by atoms with van der Waals surface area (Å²) in [7, 11) is -9.95. The number of phosphoric ester groups is 2. The van der Waals surface area contributed by atoms with E-state index in [1.807, 2.05) is 0 Å². The van der Waals surface area contributed by atoms with E-state index in [1.165, 1.54) is 70.6 Å². The highest BCUT2D eigenvalue weighted by atomic mass is 31.2. The van der Waals surface area contributed by atoms with E-state index in [0.29, 0.717) is 25.7 Å². The molecule has 568 valence electrons. The van der Waals surface area contributed by atoms with E-state index in [9.17, 15) is 43.2 Å². The Morgan fingerprint density at radius 1 is 0.296 bits per heavy atom. The fourth-order valence-electron chi connectivity index (χ4n) is 10.4. The number of carbonyl (C=O) groups is 4. The lowest BCUT2D eigenvalue weighted by Crippen LogP contribution is -2.30. The number of hydrogen-bond acceptors (Lipinski definition) is 15. The first-order valence-corrected chi connectivity index (χ1v) is 41.8. The first-order valence-electron chi connectivity index (χ1n) is 38.8. The van der Waals surface area contributed by atoms with Crippen LogP contribution in [0.3, 0.4) is 0 Å². The third kappa shape index (κ3) is 70.7. The third-order valence-corrected chi connectivity index (χ3v) is 18.2. The van der Waals surface area contributed by atoms with E-state index < -0.39 is 97.5 Å². The molecule has 0 saturated carbocycles. The maximum Gasteiger partial charge on any atom is 0.472 e. The monoisotopic (exact) mass is 1420 g/mol. The van der Waals surface area contributed by atoms with Gasteiger partial charge < -0.3 is 33.8 Å². The Balaban J connectivity index is 5.34. The van der Waals surface area contributed by atoms with Crippen molar-refractivity contribution in [3.63, 3.8) is 0 Å². The highest BCUT2D eigenvalue weighted by Gasteiger charge is 2.30. The molecule has 5 unspecified atom stereocenters. The molecule has 3 N–H and O–H groups in total. The molecule has 0 aliphatic carbocycles. The maximum atomic E-state index is 13.1. The van der Waals surface area contributed by atoms with Crippen LogP contribution < -0.4 is 0 Å². The number of aliphatic hydroxyl groups is 1. The van der Waals surface area contributed by atoms with Crippen molar-refractivity contribution in [1.82, 2.24) is 0 Å². The number of rotatable bonds is 73. The molecule has 0 aliphatic rings. The number of aliphatic hydroxyl groups excluding tert-OH is 1. The maximum absolute atomic E-state index is 13.1. The van der Waals surface area contributed by atoms with Crippen molar-refractivity contribution in [2.24, 2.45) is 0 Å². The van der Waals surface area contributed by atoms with Crippen molar-refractivity contribution in [3.05, 3.63) is 85.1 Å². The molecule has 19 heteroatoms. The summed E-state index contributed by atoms with van der Waals surface area (Å²) in [4.78, 5) is 72.9. The molecule has 0 saturated heterocycles. The molecule has 0 radical (unpaired) electrons. The van der Waals surface area contributed by atoms with Gasteiger partial charge in [0.2, 0.25) is 0 Å². The molecule has 0 aromatic carbocycles. The summed E-state index contributed by atoms with van der Waals surface area (Å²) in [6, 6.07) is 0. The van der Waals surface area contributed by atoms with Crippen LogP contribution in [0.25, 0.3) is 0 Å². The van der Waals surface area contributed by atoms with Gasteiger partial charge in [0.15, 0.2) is 12.2 Å². The van der Waals surface area contributed by atoms with Crippen LogP contribution in [0.1, 0.15) is 336 Å². The van der Waals surface area contributed by atoms with Crippen molar-refractivity contribution < 1.29 is 80.2 Å². The molecule has 0 aliphatic heterocycles. The average molecular weight is 1420 g/mol. The lowest BCUT2D eigenvalue weighted by molar-refractivity contribution is -0.161. The molecule has 0 aromatic heterocycles.